The van der Waals surface area contributed by atoms with E-state index in [1.807, 2.05) is 31.1 Å². The van der Waals surface area contributed by atoms with Crippen LogP contribution in [0, 0.1) is 5.41 Å². The number of pyridine rings is 1. The minimum atomic E-state index is -0.231. The van der Waals surface area contributed by atoms with Gasteiger partial charge in [-0.3, -0.25) is 4.79 Å². The maximum absolute atomic E-state index is 12.6. The van der Waals surface area contributed by atoms with Crippen molar-refractivity contribution in [3.63, 3.8) is 0 Å². The van der Waals surface area contributed by atoms with Crippen LogP contribution in [-0.4, -0.2) is 38.1 Å². The topological polar surface area (TPSA) is 57.3 Å². The summed E-state index contributed by atoms with van der Waals surface area (Å²) >= 11 is 0. The minimum Gasteiger partial charge on any atom is -0.363 e. The van der Waals surface area contributed by atoms with Gasteiger partial charge in [0.05, 0.1) is 17.3 Å². The highest BCUT2D eigenvalue weighted by Crippen LogP contribution is 2.33. The molecule has 5 heteroatoms. The summed E-state index contributed by atoms with van der Waals surface area (Å²) in [6, 6.07) is 3.82. The van der Waals surface area contributed by atoms with Gasteiger partial charge < -0.3 is 15.5 Å². The van der Waals surface area contributed by atoms with Crippen LogP contribution >= 0.6 is 0 Å². The Labute approximate surface area is 120 Å². The Morgan fingerprint density at radius 2 is 2.10 bits per heavy atom. The third-order valence-electron chi connectivity index (χ3n) is 4.18. The molecule has 1 aromatic rings. The van der Waals surface area contributed by atoms with Crippen LogP contribution in [0.3, 0.4) is 0 Å². The number of rotatable bonds is 4. The number of amides is 1. The van der Waals surface area contributed by atoms with E-state index in [4.69, 9.17) is 0 Å². The molecule has 0 bridgehead atoms. The first-order valence-corrected chi connectivity index (χ1v) is 7.23. The first-order chi connectivity index (χ1) is 9.57. The lowest BCUT2D eigenvalue weighted by molar-refractivity contribution is -0.127. The highest BCUT2D eigenvalue weighted by molar-refractivity contribution is 5.95. The molecular formula is C15H24N4O. The molecule has 1 aromatic heterocycles. The highest BCUT2D eigenvalue weighted by Gasteiger charge is 2.37. The molecule has 1 aliphatic heterocycles. The van der Waals surface area contributed by atoms with Crippen molar-refractivity contribution in [2.45, 2.75) is 26.2 Å². The smallest absolute Gasteiger partial charge is 0.230 e. The molecule has 2 rings (SSSR count). The quantitative estimate of drug-likeness (QED) is 0.881. The van der Waals surface area contributed by atoms with E-state index in [-0.39, 0.29) is 11.3 Å². The Balaban J connectivity index is 2.06. The number of nitrogens with one attached hydrogen (secondary N) is 2. The monoisotopic (exact) mass is 276 g/mol. The van der Waals surface area contributed by atoms with Gasteiger partial charge in [-0.15, -0.1) is 0 Å². The zero-order valence-electron chi connectivity index (χ0n) is 12.6. The second kappa shape index (κ2) is 6.22. The number of hydrogen-bond donors (Lipinski definition) is 2. The predicted molar refractivity (Wildman–Crippen MR) is 82.0 cm³/mol. The zero-order valence-corrected chi connectivity index (χ0v) is 12.6. The van der Waals surface area contributed by atoms with Crippen LogP contribution in [0.2, 0.25) is 0 Å². The SMILES string of the molecule is CCC1(C(=O)Nc2ccc(N(C)C)nc2)CCNCC1. The van der Waals surface area contributed by atoms with Gasteiger partial charge in [-0.2, -0.15) is 0 Å². The second-order valence-corrected chi connectivity index (χ2v) is 5.64. The molecule has 2 heterocycles. The third kappa shape index (κ3) is 3.10. The van der Waals surface area contributed by atoms with Crippen molar-refractivity contribution < 1.29 is 4.79 Å². The molecule has 1 saturated heterocycles. The summed E-state index contributed by atoms with van der Waals surface area (Å²) in [5.74, 6) is 1.01. The molecule has 1 amide bonds. The van der Waals surface area contributed by atoms with Crippen LogP contribution in [-0.2, 0) is 4.79 Å². The molecule has 2 N–H and O–H groups in total. The summed E-state index contributed by atoms with van der Waals surface area (Å²) < 4.78 is 0. The lowest BCUT2D eigenvalue weighted by atomic mass is 9.76. The van der Waals surface area contributed by atoms with Crippen molar-refractivity contribution >= 4 is 17.4 Å². The Bertz CT molecular complexity index is 449. The van der Waals surface area contributed by atoms with Crippen LogP contribution in [0.1, 0.15) is 26.2 Å². The molecule has 1 aliphatic rings. The zero-order chi connectivity index (χ0) is 14.6. The fourth-order valence-electron chi connectivity index (χ4n) is 2.63. The van der Waals surface area contributed by atoms with Crippen molar-refractivity contribution in [3.05, 3.63) is 18.3 Å². The van der Waals surface area contributed by atoms with Gasteiger partial charge in [0.2, 0.25) is 5.91 Å². The van der Waals surface area contributed by atoms with Crippen molar-refractivity contribution in [3.8, 4) is 0 Å². The first-order valence-electron chi connectivity index (χ1n) is 7.23. The highest BCUT2D eigenvalue weighted by atomic mass is 16.2. The summed E-state index contributed by atoms with van der Waals surface area (Å²) in [4.78, 5) is 18.8. The molecule has 0 spiro atoms. The van der Waals surface area contributed by atoms with Crippen molar-refractivity contribution in [2.75, 3.05) is 37.4 Å². The standard InChI is InChI=1S/C15H24N4O/c1-4-15(7-9-16-10-8-15)14(20)18-12-5-6-13(17-11-12)19(2)3/h5-6,11,16H,4,7-10H2,1-3H3,(H,18,20). The average Bonchev–Trinajstić information content (AvgIpc) is 2.48. The van der Waals surface area contributed by atoms with E-state index in [0.717, 1.165) is 43.9 Å². The van der Waals surface area contributed by atoms with Gasteiger partial charge in [0.15, 0.2) is 0 Å². The molecule has 0 atom stereocenters. The van der Waals surface area contributed by atoms with Gasteiger partial charge in [-0.05, 0) is 44.5 Å². The lowest BCUT2D eigenvalue weighted by Crippen LogP contribution is -2.44. The Kier molecular flexibility index (Phi) is 4.60. The number of carbonyl (C=O) groups is 1. The van der Waals surface area contributed by atoms with Crippen molar-refractivity contribution in [2.24, 2.45) is 5.41 Å². The molecule has 0 radical (unpaired) electrons. The van der Waals surface area contributed by atoms with Gasteiger partial charge in [0.1, 0.15) is 5.82 Å². The molecule has 110 valence electrons. The summed E-state index contributed by atoms with van der Waals surface area (Å²) in [5, 5.41) is 6.34. The number of aromatic nitrogens is 1. The van der Waals surface area contributed by atoms with Gasteiger partial charge >= 0.3 is 0 Å². The van der Waals surface area contributed by atoms with Gasteiger partial charge in [0.25, 0.3) is 0 Å². The minimum absolute atomic E-state index is 0.126. The van der Waals surface area contributed by atoms with Gasteiger partial charge in [0, 0.05) is 14.1 Å². The van der Waals surface area contributed by atoms with Gasteiger partial charge in [-0.25, -0.2) is 4.98 Å². The third-order valence-corrected chi connectivity index (χ3v) is 4.18. The van der Waals surface area contributed by atoms with Crippen molar-refractivity contribution in [1.82, 2.24) is 10.3 Å². The molecule has 0 unspecified atom stereocenters. The number of carbonyl (C=O) groups excluding carboxylic acids is 1. The normalized spacial score (nSPS) is 17.6. The predicted octanol–water partition coefficient (Wildman–Crippen LogP) is 1.87. The Hall–Kier alpha value is -1.62. The maximum atomic E-state index is 12.6. The molecule has 1 fully saturated rings. The largest absolute Gasteiger partial charge is 0.363 e. The molecule has 0 aromatic carbocycles. The van der Waals surface area contributed by atoms with Gasteiger partial charge in [-0.1, -0.05) is 6.92 Å². The first kappa shape index (κ1) is 14.8. The van der Waals surface area contributed by atoms with E-state index in [1.165, 1.54) is 0 Å². The Morgan fingerprint density at radius 1 is 1.40 bits per heavy atom. The van der Waals surface area contributed by atoms with Crippen molar-refractivity contribution in [1.29, 1.82) is 0 Å². The van der Waals surface area contributed by atoms with Crippen LogP contribution in [0.15, 0.2) is 18.3 Å². The summed E-state index contributed by atoms with van der Waals surface area (Å²) in [6.45, 7) is 3.93. The van der Waals surface area contributed by atoms with E-state index in [0.29, 0.717) is 0 Å². The summed E-state index contributed by atoms with van der Waals surface area (Å²) in [6.07, 6.45) is 4.40. The van der Waals surface area contributed by atoms with E-state index in [9.17, 15) is 4.79 Å². The summed E-state index contributed by atoms with van der Waals surface area (Å²) in [5.41, 5.74) is 0.540. The van der Waals surface area contributed by atoms with E-state index in [2.05, 4.69) is 22.5 Å². The number of anilines is 2. The maximum Gasteiger partial charge on any atom is 0.230 e. The number of nitrogens with zero attached hydrogens (tertiary/aromatic N) is 2. The summed E-state index contributed by atoms with van der Waals surface area (Å²) in [7, 11) is 3.89. The van der Waals surface area contributed by atoms with Crippen LogP contribution in [0.25, 0.3) is 0 Å². The van der Waals surface area contributed by atoms with Crippen LogP contribution < -0.4 is 15.5 Å². The fourth-order valence-corrected chi connectivity index (χ4v) is 2.63. The molecular weight excluding hydrogens is 252 g/mol. The lowest BCUT2D eigenvalue weighted by Gasteiger charge is -2.35. The van der Waals surface area contributed by atoms with E-state index < -0.39 is 0 Å². The van der Waals surface area contributed by atoms with Crippen LogP contribution in [0.5, 0.6) is 0 Å². The molecule has 0 aliphatic carbocycles. The second-order valence-electron chi connectivity index (χ2n) is 5.64. The fraction of sp³-hybridized carbons (Fsp3) is 0.600. The molecule has 5 nitrogen and oxygen atoms in total. The molecule has 0 saturated carbocycles. The van der Waals surface area contributed by atoms with E-state index in [1.54, 1.807) is 6.20 Å². The number of piperidine rings is 1. The van der Waals surface area contributed by atoms with E-state index >= 15 is 0 Å². The number of hydrogen-bond acceptors (Lipinski definition) is 4. The van der Waals surface area contributed by atoms with Crippen LogP contribution in [0.4, 0.5) is 11.5 Å². The average molecular weight is 276 g/mol. The Morgan fingerprint density at radius 3 is 2.60 bits per heavy atom. The molecule has 20 heavy (non-hydrogen) atoms.